The van der Waals surface area contributed by atoms with Crippen molar-refractivity contribution in [2.45, 2.75) is 38.6 Å². The number of rotatable bonds is 4. The first kappa shape index (κ1) is 17.6. The number of carbonyl (C=O) groups excluding carboxylic acids is 1. The molecule has 0 aromatic heterocycles. The standard InChI is InChI=1S/C19H28ClN3O/c1-15-6-2-4-8-17(15)21-19(24)14-22-10-12-23(13-11-22)18-9-5-3-7-16(18)20/h3,5,7,9,15,17H,2,4,6,8,10-14H2,1H3,(H,21,24)/p+1/t15-,17+/m1/s1. The van der Waals surface area contributed by atoms with E-state index in [0.29, 0.717) is 18.5 Å². The number of anilines is 1. The minimum Gasteiger partial charge on any atom is -0.359 e. The Morgan fingerprint density at radius 3 is 2.67 bits per heavy atom. The van der Waals surface area contributed by atoms with Crippen LogP contribution in [0.1, 0.15) is 32.6 Å². The Morgan fingerprint density at radius 2 is 1.96 bits per heavy atom. The number of hydrogen-bond donors (Lipinski definition) is 2. The van der Waals surface area contributed by atoms with Crippen LogP contribution >= 0.6 is 11.6 Å². The first-order valence-corrected chi connectivity index (χ1v) is 9.63. The van der Waals surface area contributed by atoms with Crippen LogP contribution in [0.3, 0.4) is 0 Å². The first-order chi connectivity index (χ1) is 11.6. The van der Waals surface area contributed by atoms with Gasteiger partial charge in [0.2, 0.25) is 0 Å². The quantitative estimate of drug-likeness (QED) is 0.868. The number of piperazine rings is 1. The molecule has 2 N–H and O–H groups in total. The fraction of sp³-hybridized carbons (Fsp3) is 0.632. The molecule has 1 amide bonds. The van der Waals surface area contributed by atoms with E-state index in [4.69, 9.17) is 11.6 Å². The van der Waals surface area contributed by atoms with Gasteiger partial charge in [-0.15, -0.1) is 0 Å². The molecule has 0 radical (unpaired) electrons. The van der Waals surface area contributed by atoms with Crippen LogP contribution in [0.15, 0.2) is 24.3 Å². The minimum atomic E-state index is 0.218. The van der Waals surface area contributed by atoms with Crippen molar-refractivity contribution in [3.8, 4) is 0 Å². The Balaban J connectivity index is 1.45. The van der Waals surface area contributed by atoms with Gasteiger partial charge in [0.15, 0.2) is 6.54 Å². The molecule has 4 nitrogen and oxygen atoms in total. The molecule has 0 spiro atoms. The van der Waals surface area contributed by atoms with E-state index >= 15 is 0 Å². The topological polar surface area (TPSA) is 36.8 Å². The van der Waals surface area contributed by atoms with Gasteiger partial charge in [0.05, 0.1) is 36.9 Å². The Hall–Kier alpha value is -1.26. The zero-order valence-electron chi connectivity index (χ0n) is 14.6. The molecule has 1 aromatic rings. The highest BCUT2D eigenvalue weighted by molar-refractivity contribution is 6.33. The highest BCUT2D eigenvalue weighted by Gasteiger charge is 2.26. The molecule has 0 bridgehead atoms. The lowest BCUT2D eigenvalue weighted by molar-refractivity contribution is -0.892. The fourth-order valence-electron chi connectivity index (χ4n) is 3.96. The maximum absolute atomic E-state index is 12.4. The number of quaternary nitrogens is 1. The maximum atomic E-state index is 12.4. The summed E-state index contributed by atoms with van der Waals surface area (Å²) in [5.41, 5.74) is 1.11. The summed E-state index contributed by atoms with van der Waals surface area (Å²) in [6.45, 7) is 6.73. The van der Waals surface area contributed by atoms with Crippen LogP contribution in [-0.2, 0) is 4.79 Å². The van der Waals surface area contributed by atoms with Gasteiger partial charge in [-0.25, -0.2) is 0 Å². The zero-order chi connectivity index (χ0) is 16.9. The summed E-state index contributed by atoms with van der Waals surface area (Å²) in [5.74, 6) is 0.838. The zero-order valence-corrected chi connectivity index (χ0v) is 15.3. The van der Waals surface area contributed by atoms with Crippen molar-refractivity contribution in [1.29, 1.82) is 0 Å². The lowest BCUT2D eigenvalue weighted by Gasteiger charge is -2.34. The van der Waals surface area contributed by atoms with Gasteiger partial charge in [-0.05, 0) is 30.9 Å². The van der Waals surface area contributed by atoms with Crippen molar-refractivity contribution in [1.82, 2.24) is 5.32 Å². The molecule has 132 valence electrons. The predicted octanol–water partition coefficient (Wildman–Crippen LogP) is 1.74. The second-order valence-corrected chi connectivity index (χ2v) is 7.71. The summed E-state index contributed by atoms with van der Waals surface area (Å²) in [6, 6.07) is 8.39. The number of halogens is 1. The smallest absolute Gasteiger partial charge is 0.275 e. The van der Waals surface area contributed by atoms with E-state index in [1.165, 1.54) is 24.2 Å². The first-order valence-electron chi connectivity index (χ1n) is 9.26. The largest absolute Gasteiger partial charge is 0.359 e. The van der Waals surface area contributed by atoms with Crippen molar-refractivity contribution in [2.75, 3.05) is 37.6 Å². The van der Waals surface area contributed by atoms with E-state index in [-0.39, 0.29) is 5.91 Å². The number of amides is 1. The van der Waals surface area contributed by atoms with Crippen molar-refractivity contribution in [3.05, 3.63) is 29.3 Å². The van der Waals surface area contributed by atoms with Crippen LogP contribution in [0.4, 0.5) is 5.69 Å². The van der Waals surface area contributed by atoms with Crippen molar-refractivity contribution < 1.29 is 9.69 Å². The molecule has 1 heterocycles. The van der Waals surface area contributed by atoms with Gasteiger partial charge in [0.1, 0.15) is 0 Å². The Bertz CT molecular complexity index is 557. The third-order valence-corrected chi connectivity index (χ3v) is 5.85. The van der Waals surface area contributed by atoms with Gasteiger partial charge in [0, 0.05) is 6.04 Å². The Kier molecular flexibility index (Phi) is 6.01. The molecule has 24 heavy (non-hydrogen) atoms. The van der Waals surface area contributed by atoms with Crippen LogP contribution in [-0.4, -0.2) is 44.7 Å². The Morgan fingerprint density at radius 1 is 1.25 bits per heavy atom. The molecular formula is C19H29ClN3O+. The van der Waals surface area contributed by atoms with Gasteiger partial charge in [0.25, 0.3) is 5.91 Å². The van der Waals surface area contributed by atoms with E-state index in [0.717, 1.165) is 43.3 Å². The van der Waals surface area contributed by atoms with Gasteiger partial charge in [-0.3, -0.25) is 4.79 Å². The molecule has 3 rings (SSSR count). The third kappa shape index (κ3) is 4.42. The molecule has 1 aromatic carbocycles. The normalized spacial score (nSPS) is 25.5. The van der Waals surface area contributed by atoms with E-state index < -0.39 is 0 Å². The second-order valence-electron chi connectivity index (χ2n) is 7.30. The lowest BCUT2D eigenvalue weighted by atomic mass is 9.86. The summed E-state index contributed by atoms with van der Waals surface area (Å²) in [5, 5.41) is 4.08. The molecule has 2 atom stereocenters. The SMILES string of the molecule is C[C@@H]1CCCC[C@@H]1NC(=O)C[NH+]1CCN(c2ccccc2Cl)CC1. The summed E-state index contributed by atoms with van der Waals surface area (Å²) < 4.78 is 0. The fourth-order valence-corrected chi connectivity index (χ4v) is 4.22. The van der Waals surface area contributed by atoms with Gasteiger partial charge >= 0.3 is 0 Å². The molecular weight excluding hydrogens is 322 g/mol. The summed E-state index contributed by atoms with van der Waals surface area (Å²) >= 11 is 6.29. The summed E-state index contributed by atoms with van der Waals surface area (Å²) in [6.07, 6.45) is 4.94. The lowest BCUT2D eigenvalue weighted by Crippen LogP contribution is -3.16. The molecule has 1 aliphatic heterocycles. The van der Waals surface area contributed by atoms with Crippen LogP contribution in [0, 0.1) is 5.92 Å². The summed E-state index contributed by atoms with van der Waals surface area (Å²) in [7, 11) is 0. The number of benzene rings is 1. The average Bonchev–Trinajstić information content (AvgIpc) is 2.58. The average molecular weight is 351 g/mol. The van der Waals surface area contributed by atoms with E-state index in [1.807, 2.05) is 18.2 Å². The molecule has 1 saturated carbocycles. The van der Waals surface area contributed by atoms with E-state index in [1.54, 1.807) is 0 Å². The number of nitrogens with zero attached hydrogens (tertiary/aromatic N) is 1. The Labute approximate surface area is 150 Å². The van der Waals surface area contributed by atoms with Crippen LogP contribution in [0.25, 0.3) is 0 Å². The molecule has 2 aliphatic rings. The number of para-hydroxylation sites is 1. The molecule has 0 unspecified atom stereocenters. The molecule has 1 aliphatic carbocycles. The maximum Gasteiger partial charge on any atom is 0.275 e. The van der Waals surface area contributed by atoms with Crippen LogP contribution in [0.5, 0.6) is 0 Å². The number of hydrogen-bond acceptors (Lipinski definition) is 2. The van der Waals surface area contributed by atoms with Crippen LogP contribution in [0.2, 0.25) is 5.02 Å². The van der Waals surface area contributed by atoms with Gasteiger partial charge < -0.3 is 15.1 Å². The number of carbonyl (C=O) groups is 1. The third-order valence-electron chi connectivity index (χ3n) is 5.53. The minimum absolute atomic E-state index is 0.218. The highest BCUT2D eigenvalue weighted by Crippen LogP contribution is 2.25. The highest BCUT2D eigenvalue weighted by atomic mass is 35.5. The van der Waals surface area contributed by atoms with Crippen molar-refractivity contribution >= 4 is 23.2 Å². The predicted molar refractivity (Wildman–Crippen MR) is 98.8 cm³/mol. The monoisotopic (exact) mass is 350 g/mol. The van der Waals surface area contributed by atoms with Gasteiger partial charge in [-0.2, -0.15) is 0 Å². The molecule has 1 saturated heterocycles. The molecule has 2 fully saturated rings. The van der Waals surface area contributed by atoms with Crippen LogP contribution < -0.4 is 15.1 Å². The van der Waals surface area contributed by atoms with Gasteiger partial charge in [-0.1, -0.05) is 43.5 Å². The van der Waals surface area contributed by atoms with E-state index in [9.17, 15) is 4.79 Å². The van der Waals surface area contributed by atoms with E-state index in [2.05, 4.69) is 23.2 Å². The second kappa shape index (κ2) is 8.21. The van der Waals surface area contributed by atoms with Crippen molar-refractivity contribution in [3.63, 3.8) is 0 Å². The molecule has 5 heteroatoms. The number of nitrogens with one attached hydrogen (secondary N) is 2. The summed E-state index contributed by atoms with van der Waals surface area (Å²) in [4.78, 5) is 16.1. The van der Waals surface area contributed by atoms with Crippen molar-refractivity contribution in [2.24, 2.45) is 5.92 Å².